The number of fused-ring (bicyclic) bond motifs is 1. The third kappa shape index (κ3) is 3.03. The van der Waals surface area contributed by atoms with E-state index in [0.717, 1.165) is 18.7 Å². The third-order valence-corrected chi connectivity index (χ3v) is 4.86. The maximum atomic E-state index is 12.5. The average molecular weight is 352 g/mol. The Morgan fingerprint density at radius 1 is 0.923 bits per heavy atom. The molecule has 6 nitrogen and oxygen atoms in total. The number of nitrogens with zero attached hydrogens (tertiary/aromatic N) is 2. The predicted octanol–water partition coefficient (Wildman–Crippen LogP) is 1.85. The molecule has 2 aromatic rings. The molecule has 26 heavy (non-hydrogen) atoms. The molecule has 0 aromatic heterocycles. The molecule has 4 rings (SSSR count). The monoisotopic (exact) mass is 352 g/mol. The maximum Gasteiger partial charge on any atom is 0.266 e. The van der Waals surface area contributed by atoms with E-state index in [2.05, 4.69) is 4.90 Å². The Labute approximate surface area is 151 Å². The van der Waals surface area contributed by atoms with Crippen LogP contribution in [0.1, 0.15) is 32.4 Å². The Morgan fingerprint density at radius 3 is 2.08 bits per heavy atom. The third-order valence-electron chi connectivity index (χ3n) is 4.86. The van der Waals surface area contributed by atoms with Crippen molar-refractivity contribution in [2.45, 2.75) is 6.10 Å². The van der Waals surface area contributed by atoms with Gasteiger partial charge in [0.1, 0.15) is 0 Å². The summed E-state index contributed by atoms with van der Waals surface area (Å²) >= 11 is 0. The predicted molar refractivity (Wildman–Crippen MR) is 96.2 cm³/mol. The molecule has 0 saturated carbocycles. The summed E-state index contributed by atoms with van der Waals surface area (Å²) in [7, 11) is 0. The molecule has 2 aliphatic rings. The summed E-state index contributed by atoms with van der Waals surface area (Å²) in [6.45, 7) is 3.53. The summed E-state index contributed by atoms with van der Waals surface area (Å²) in [5.41, 5.74) is 2.12. The zero-order valence-corrected chi connectivity index (χ0v) is 14.3. The number of ether oxygens (including phenoxy) is 1. The number of aliphatic hydroxyl groups is 1. The molecular weight excluding hydrogens is 332 g/mol. The summed E-state index contributed by atoms with van der Waals surface area (Å²) in [5.74, 6) is -0.626. The van der Waals surface area contributed by atoms with Crippen molar-refractivity contribution in [1.82, 2.24) is 4.90 Å². The van der Waals surface area contributed by atoms with Gasteiger partial charge in [-0.25, -0.2) is 4.90 Å². The number of hydrogen-bond donors (Lipinski definition) is 1. The molecule has 1 fully saturated rings. The van der Waals surface area contributed by atoms with Gasteiger partial charge >= 0.3 is 0 Å². The lowest BCUT2D eigenvalue weighted by atomic mass is 10.1. The van der Waals surface area contributed by atoms with Gasteiger partial charge in [-0.1, -0.05) is 24.3 Å². The van der Waals surface area contributed by atoms with Crippen molar-refractivity contribution in [1.29, 1.82) is 0 Å². The number of amides is 2. The van der Waals surface area contributed by atoms with Gasteiger partial charge in [-0.2, -0.15) is 0 Å². The molecule has 2 heterocycles. The molecule has 1 unspecified atom stereocenters. The molecule has 2 amide bonds. The lowest BCUT2D eigenvalue weighted by Crippen LogP contribution is -2.38. The zero-order valence-electron chi connectivity index (χ0n) is 14.3. The van der Waals surface area contributed by atoms with Crippen LogP contribution in [0.2, 0.25) is 0 Å². The number of rotatable bonds is 4. The normalized spacial score (nSPS) is 18.9. The number of hydrogen-bond acceptors (Lipinski definition) is 5. The van der Waals surface area contributed by atoms with Crippen molar-refractivity contribution in [2.75, 3.05) is 37.7 Å². The zero-order chi connectivity index (χ0) is 18.1. The molecule has 0 aliphatic carbocycles. The molecule has 2 aliphatic heterocycles. The van der Waals surface area contributed by atoms with Crippen molar-refractivity contribution >= 4 is 17.5 Å². The van der Waals surface area contributed by atoms with E-state index < -0.39 is 6.10 Å². The van der Waals surface area contributed by atoms with Gasteiger partial charge in [0.15, 0.2) is 0 Å². The second-order valence-electron chi connectivity index (χ2n) is 6.51. The van der Waals surface area contributed by atoms with Crippen LogP contribution in [0.3, 0.4) is 0 Å². The number of aliphatic hydroxyl groups excluding tert-OH is 1. The van der Waals surface area contributed by atoms with E-state index in [1.54, 1.807) is 48.5 Å². The van der Waals surface area contributed by atoms with Crippen molar-refractivity contribution in [3.8, 4) is 0 Å². The quantitative estimate of drug-likeness (QED) is 0.851. The number of imide groups is 1. The van der Waals surface area contributed by atoms with E-state index >= 15 is 0 Å². The van der Waals surface area contributed by atoms with Crippen LogP contribution in [0.25, 0.3) is 0 Å². The van der Waals surface area contributed by atoms with Gasteiger partial charge in [0.2, 0.25) is 0 Å². The summed E-state index contributed by atoms with van der Waals surface area (Å²) in [5, 5.41) is 10.4. The molecule has 0 spiro atoms. The molecule has 6 heteroatoms. The first kappa shape index (κ1) is 16.9. The maximum absolute atomic E-state index is 12.5. The number of β-amino-alcohol motifs (C(OH)–C–C–N with tert-alkyl or cyclic N) is 1. The molecule has 0 radical (unpaired) electrons. The van der Waals surface area contributed by atoms with Crippen LogP contribution in [-0.2, 0) is 4.74 Å². The standard InChI is InChI=1S/C20H20N2O4/c23-18(13-21-9-11-26-12-10-21)14-5-7-15(8-6-14)22-19(24)16-3-1-2-4-17(16)20(22)25/h1-8,18,23H,9-13H2. The molecule has 1 atom stereocenters. The van der Waals surface area contributed by atoms with Gasteiger partial charge in [0, 0.05) is 19.6 Å². The van der Waals surface area contributed by atoms with Crippen molar-refractivity contribution < 1.29 is 19.4 Å². The minimum absolute atomic E-state index is 0.313. The van der Waals surface area contributed by atoms with Crippen molar-refractivity contribution in [3.63, 3.8) is 0 Å². The molecule has 0 bridgehead atoms. The Balaban J connectivity index is 1.50. The van der Waals surface area contributed by atoms with Crippen LogP contribution < -0.4 is 4.90 Å². The second-order valence-corrected chi connectivity index (χ2v) is 6.51. The molecule has 2 aromatic carbocycles. The van der Waals surface area contributed by atoms with Crippen LogP contribution in [0, 0.1) is 0 Å². The highest BCUT2D eigenvalue weighted by Crippen LogP contribution is 2.29. The number of benzene rings is 2. The SMILES string of the molecule is O=C1c2ccccc2C(=O)N1c1ccc(C(O)CN2CCOCC2)cc1. The van der Waals surface area contributed by atoms with Gasteiger partial charge in [-0.3, -0.25) is 14.5 Å². The van der Waals surface area contributed by atoms with Gasteiger partial charge < -0.3 is 9.84 Å². The van der Waals surface area contributed by atoms with Crippen LogP contribution >= 0.6 is 0 Å². The van der Waals surface area contributed by atoms with E-state index in [-0.39, 0.29) is 11.8 Å². The summed E-state index contributed by atoms with van der Waals surface area (Å²) in [4.78, 5) is 28.4. The molecular formula is C20H20N2O4. The van der Waals surface area contributed by atoms with Gasteiger partial charge in [-0.05, 0) is 29.8 Å². The first-order valence-corrected chi connectivity index (χ1v) is 8.71. The Kier molecular flexibility index (Phi) is 4.55. The number of morpholine rings is 1. The van der Waals surface area contributed by atoms with Crippen LogP contribution in [0.15, 0.2) is 48.5 Å². The molecule has 1 N–H and O–H groups in total. The Hall–Kier alpha value is -2.54. The molecule has 1 saturated heterocycles. The second kappa shape index (κ2) is 6.99. The number of carbonyl (C=O) groups excluding carboxylic acids is 2. The van der Waals surface area contributed by atoms with Gasteiger partial charge in [-0.15, -0.1) is 0 Å². The molecule has 134 valence electrons. The highest BCUT2D eigenvalue weighted by Gasteiger charge is 2.36. The Morgan fingerprint density at radius 2 is 1.50 bits per heavy atom. The average Bonchev–Trinajstić information content (AvgIpc) is 2.94. The first-order valence-electron chi connectivity index (χ1n) is 8.71. The summed E-state index contributed by atoms with van der Waals surface area (Å²) < 4.78 is 5.31. The van der Waals surface area contributed by atoms with Crippen molar-refractivity contribution in [3.05, 3.63) is 65.2 Å². The summed E-state index contributed by atoms with van der Waals surface area (Å²) in [6.07, 6.45) is -0.621. The van der Waals surface area contributed by atoms with Gasteiger partial charge in [0.25, 0.3) is 11.8 Å². The highest BCUT2D eigenvalue weighted by atomic mass is 16.5. The lowest BCUT2D eigenvalue weighted by molar-refractivity contribution is 0.0143. The topological polar surface area (TPSA) is 70.1 Å². The summed E-state index contributed by atoms with van der Waals surface area (Å²) in [6, 6.07) is 13.8. The highest BCUT2D eigenvalue weighted by molar-refractivity contribution is 6.34. The fourth-order valence-corrected chi connectivity index (χ4v) is 3.40. The fourth-order valence-electron chi connectivity index (χ4n) is 3.40. The largest absolute Gasteiger partial charge is 0.387 e. The number of anilines is 1. The number of carbonyl (C=O) groups is 2. The van der Waals surface area contributed by atoms with E-state index in [1.165, 1.54) is 4.90 Å². The van der Waals surface area contributed by atoms with Crippen LogP contribution in [0.4, 0.5) is 5.69 Å². The Bertz CT molecular complexity index is 793. The lowest BCUT2D eigenvalue weighted by Gasteiger charge is -2.28. The minimum atomic E-state index is -0.621. The van der Waals surface area contributed by atoms with Crippen LogP contribution in [-0.4, -0.2) is 54.7 Å². The van der Waals surface area contributed by atoms with Gasteiger partial charge in [0.05, 0.1) is 36.1 Å². The van der Waals surface area contributed by atoms with Crippen LogP contribution in [0.5, 0.6) is 0 Å². The fraction of sp³-hybridized carbons (Fsp3) is 0.300. The minimum Gasteiger partial charge on any atom is -0.387 e. The smallest absolute Gasteiger partial charge is 0.266 e. The van der Waals surface area contributed by atoms with E-state index in [4.69, 9.17) is 4.74 Å². The first-order chi connectivity index (χ1) is 12.6. The van der Waals surface area contributed by atoms with E-state index in [1.807, 2.05) is 0 Å². The van der Waals surface area contributed by atoms with Crippen molar-refractivity contribution in [2.24, 2.45) is 0 Å². The van der Waals surface area contributed by atoms with E-state index in [9.17, 15) is 14.7 Å². The van der Waals surface area contributed by atoms with E-state index in [0.29, 0.717) is 36.6 Å².